The summed E-state index contributed by atoms with van der Waals surface area (Å²) in [7, 11) is 3.16. The van der Waals surface area contributed by atoms with Crippen LogP contribution in [0.1, 0.15) is 35.2 Å². The summed E-state index contributed by atoms with van der Waals surface area (Å²) >= 11 is 9.78. The lowest BCUT2D eigenvalue weighted by atomic mass is 9.93. The molecular formula is C37H30ClIN2O6S. The Morgan fingerprint density at radius 1 is 1.00 bits per heavy atom. The zero-order valence-electron chi connectivity index (χ0n) is 26.2. The van der Waals surface area contributed by atoms with E-state index in [1.807, 2.05) is 78.9 Å². The van der Waals surface area contributed by atoms with Crippen molar-refractivity contribution in [3.05, 3.63) is 147 Å². The lowest BCUT2D eigenvalue weighted by Gasteiger charge is -2.26. The van der Waals surface area contributed by atoms with Crippen LogP contribution in [0.25, 0.3) is 11.8 Å². The summed E-state index contributed by atoms with van der Waals surface area (Å²) in [6, 6.07) is 27.2. The van der Waals surface area contributed by atoms with Gasteiger partial charge in [-0.15, -0.1) is 0 Å². The zero-order valence-corrected chi connectivity index (χ0v) is 30.0. The van der Waals surface area contributed by atoms with Crippen LogP contribution < -0.4 is 29.1 Å². The van der Waals surface area contributed by atoms with E-state index < -0.39 is 12.0 Å². The molecule has 0 N–H and O–H groups in total. The van der Waals surface area contributed by atoms with Gasteiger partial charge in [-0.1, -0.05) is 83.6 Å². The predicted molar refractivity (Wildman–Crippen MR) is 196 cm³/mol. The molecule has 0 spiro atoms. The molecule has 5 aromatic rings. The summed E-state index contributed by atoms with van der Waals surface area (Å²) < 4.78 is 25.6. The first-order valence-electron chi connectivity index (χ1n) is 15.0. The van der Waals surface area contributed by atoms with Gasteiger partial charge in [0.1, 0.15) is 12.4 Å². The molecule has 0 bridgehead atoms. The largest absolute Gasteiger partial charge is 0.497 e. The molecule has 244 valence electrons. The van der Waals surface area contributed by atoms with Crippen molar-refractivity contribution in [1.82, 2.24) is 4.57 Å². The van der Waals surface area contributed by atoms with Crippen LogP contribution in [0, 0.1) is 3.57 Å². The molecule has 0 radical (unpaired) electrons. The van der Waals surface area contributed by atoms with Crippen LogP contribution in [0.3, 0.4) is 0 Å². The molecule has 0 saturated carbocycles. The minimum atomic E-state index is -0.793. The second-order valence-corrected chi connectivity index (χ2v) is 13.2. The van der Waals surface area contributed by atoms with Crippen LogP contribution in [0.5, 0.6) is 17.2 Å². The predicted octanol–water partition coefficient (Wildman–Crippen LogP) is 6.79. The molecule has 1 aromatic heterocycles. The van der Waals surface area contributed by atoms with Gasteiger partial charge in [-0.25, -0.2) is 9.79 Å². The highest BCUT2D eigenvalue weighted by Gasteiger charge is 2.35. The molecule has 48 heavy (non-hydrogen) atoms. The van der Waals surface area contributed by atoms with Gasteiger partial charge in [-0.3, -0.25) is 9.36 Å². The number of thiazole rings is 1. The third kappa shape index (κ3) is 6.78. The molecule has 0 unspecified atom stereocenters. The standard InChI is InChI=1S/C37H30ClIN2O6S/c1-4-46-36(43)31-32(23-10-6-5-7-11-23)40-37-41(33(31)24-14-16-26(44-2)17-15-24)35(42)30(48-37)20-22-18-28(39)34(29(19-22)45-3)47-21-25-12-8-9-13-27(25)38/h5-20,33H,4,21H2,1-3H3/b30-20-/t33-/m1/s1. The Morgan fingerprint density at radius 2 is 1.73 bits per heavy atom. The van der Waals surface area contributed by atoms with E-state index in [4.69, 9.17) is 35.5 Å². The van der Waals surface area contributed by atoms with Crippen LogP contribution in [0.4, 0.5) is 0 Å². The number of nitrogens with zero attached hydrogens (tertiary/aromatic N) is 2. The van der Waals surface area contributed by atoms with E-state index in [2.05, 4.69) is 22.6 Å². The van der Waals surface area contributed by atoms with Crippen LogP contribution in [0.2, 0.25) is 5.02 Å². The second-order valence-electron chi connectivity index (χ2n) is 10.6. The first kappa shape index (κ1) is 33.5. The van der Waals surface area contributed by atoms with Gasteiger partial charge in [-0.2, -0.15) is 0 Å². The maximum Gasteiger partial charge on any atom is 0.338 e. The molecule has 1 aliphatic rings. The van der Waals surface area contributed by atoms with Crippen molar-refractivity contribution in [2.24, 2.45) is 4.99 Å². The lowest BCUT2D eigenvalue weighted by Crippen LogP contribution is -2.40. The van der Waals surface area contributed by atoms with Gasteiger partial charge >= 0.3 is 5.97 Å². The monoisotopic (exact) mass is 792 g/mol. The summed E-state index contributed by atoms with van der Waals surface area (Å²) in [4.78, 5) is 33.4. The van der Waals surface area contributed by atoms with Crippen molar-refractivity contribution in [3.8, 4) is 17.2 Å². The second kappa shape index (κ2) is 14.8. The van der Waals surface area contributed by atoms with Gasteiger partial charge in [0, 0.05) is 16.1 Å². The number of carbonyl (C=O) groups is 1. The minimum Gasteiger partial charge on any atom is -0.497 e. The quantitative estimate of drug-likeness (QED) is 0.114. The summed E-state index contributed by atoms with van der Waals surface area (Å²) in [5.41, 5.74) is 3.49. The average molecular weight is 793 g/mol. The molecule has 0 fully saturated rings. The lowest BCUT2D eigenvalue weighted by molar-refractivity contribution is -0.138. The maximum absolute atomic E-state index is 14.3. The summed E-state index contributed by atoms with van der Waals surface area (Å²) in [6.07, 6.45) is 1.80. The Morgan fingerprint density at radius 3 is 2.42 bits per heavy atom. The van der Waals surface area contributed by atoms with Crippen molar-refractivity contribution < 1.29 is 23.7 Å². The Labute approximate surface area is 299 Å². The van der Waals surface area contributed by atoms with E-state index in [-0.39, 0.29) is 24.3 Å². The molecule has 0 amide bonds. The van der Waals surface area contributed by atoms with Gasteiger partial charge < -0.3 is 18.9 Å². The number of methoxy groups -OCH3 is 2. The number of carbonyl (C=O) groups excluding carboxylic acids is 1. The van der Waals surface area contributed by atoms with Gasteiger partial charge in [0.15, 0.2) is 16.3 Å². The summed E-state index contributed by atoms with van der Waals surface area (Å²) in [5.74, 6) is 1.20. The van der Waals surface area contributed by atoms with Gasteiger partial charge in [0.25, 0.3) is 5.56 Å². The molecule has 0 aliphatic carbocycles. The first-order chi connectivity index (χ1) is 23.3. The molecule has 6 rings (SSSR count). The van der Waals surface area contributed by atoms with Crippen LogP contribution in [-0.4, -0.2) is 31.4 Å². The average Bonchev–Trinajstić information content (AvgIpc) is 3.41. The van der Waals surface area contributed by atoms with Gasteiger partial charge in [0.05, 0.1) is 46.2 Å². The molecule has 1 atom stereocenters. The van der Waals surface area contributed by atoms with E-state index in [1.165, 1.54) is 11.3 Å². The number of halogens is 2. The van der Waals surface area contributed by atoms with E-state index >= 15 is 0 Å². The SMILES string of the molecule is CCOC(=O)C1=C(c2ccccc2)N=c2s/c(=C\c3cc(I)c(OCc4ccccc4Cl)c(OC)c3)c(=O)n2[C@@H]1c1ccc(OC)cc1. The third-order valence-electron chi connectivity index (χ3n) is 7.68. The summed E-state index contributed by atoms with van der Waals surface area (Å²) in [6.45, 7) is 2.19. The summed E-state index contributed by atoms with van der Waals surface area (Å²) in [5, 5.41) is 0.618. The van der Waals surface area contributed by atoms with E-state index in [1.54, 1.807) is 43.9 Å². The number of ether oxygens (including phenoxy) is 4. The topological polar surface area (TPSA) is 88.4 Å². The van der Waals surface area contributed by atoms with Crippen LogP contribution in [-0.2, 0) is 16.1 Å². The van der Waals surface area contributed by atoms with E-state index in [0.717, 1.165) is 20.3 Å². The van der Waals surface area contributed by atoms with E-state index in [9.17, 15) is 9.59 Å². The number of aromatic nitrogens is 1. The Kier molecular flexibility index (Phi) is 10.3. The molecule has 0 saturated heterocycles. The fourth-order valence-electron chi connectivity index (χ4n) is 5.42. The number of hydrogen-bond acceptors (Lipinski definition) is 8. The molecular weight excluding hydrogens is 763 g/mol. The maximum atomic E-state index is 14.3. The Hall–Kier alpha value is -4.39. The van der Waals surface area contributed by atoms with Crippen LogP contribution in [0.15, 0.2) is 106 Å². The third-order valence-corrected chi connectivity index (χ3v) is 9.84. The molecule has 8 nitrogen and oxygen atoms in total. The highest BCUT2D eigenvalue weighted by molar-refractivity contribution is 14.1. The van der Waals surface area contributed by atoms with Gasteiger partial charge in [-0.05, 0) is 77.0 Å². The smallest absolute Gasteiger partial charge is 0.338 e. The zero-order chi connectivity index (χ0) is 33.8. The van der Waals surface area contributed by atoms with Gasteiger partial charge in [0.2, 0.25) is 0 Å². The van der Waals surface area contributed by atoms with Crippen LogP contribution >= 0.6 is 45.5 Å². The Balaban J connectivity index is 1.50. The molecule has 4 aromatic carbocycles. The molecule has 1 aliphatic heterocycles. The number of benzene rings is 4. The fourth-order valence-corrected chi connectivity index (χ4v) is 7.39. The molecule has 11 heteroatoms. The first-order valence-corrected chi connectivity index (χ1v) is 17.3. The van der Waals surface area contributed by atoms with Crippen molar-refractivity contribution in [3.63, 3.8) is 0 Å². The highest BCUT2D eigenvalue weighted by Crippen LogP contribution is 2.37. The van der Waals surface area contributed by atoms with E-state index in [0.29, 0.717) is 42.9 Å². The van der Waals surface area contributed by atoms with Crippen molar-refractivity contribution in [1.29, 1.82) is 0 Å². The van der Waals surface area contributed by atoms with Crippen molar-refractivity contribution in [2.75, 3.05) is 20.8 Å². The van der Waals surface area contributed by atoms with Crippen molar-refractivity contribution >= 4 is 63.3 Å². The Bertz CT molecular complexity index is 2200. The number of hydrogen-bond donors (Lipinski definition) is 0. The number of fused-ring (bicyclic) bond motifs is 1. The normalized spacial score (nSPS) is 14.3. The fraction of sp³-hybridized carbons (Fsp3) is 0.162. The van der Waals surface area contributed by atoms with Crippen molar-refractivity contribution in [2.45, 2.75) is 19.6 Å². The number of esters is 1. The molecule has 2 heterocycles. The highest BCUT2D eigenvalue weighted by atomic mass is 127. The number of rotatable bonds is 10. The minimum absolute atomic E-state index is 0.169.